The van der Waals surface area contributed by atoms with Crippen LogP contribution in [0.1, 0.15) is 104 Å². The summed E-state index contributed by atoms with van der Waals surface area (Å²) in [6, 6.07) is -3.16. The van der Waals surface area contributed by atoms with Crippen LogP contribution in [0.5, 0.6) is 0 Å². The summed E-state index contributed by atoms with van der Waals surface area (Å²) in [6.07, 6.45) is -3.88. The summed E-state index contributed by atoms with van der Waals surface area (Å²) < 4.78 is 0. The molecule has 2 rings (SSSR count). The molecule has 1 unspecified atom stereocenters. The monoisotopic (exact) mass is 1020 g/mol. The molecule has 29 heteroatoms. The number of nitrogen functional groups attached to an aromatic ring is 2. The number of carboxylic acid groups (broad SMARTS) is 6. The number of nitrogens with zero attached hydrogens (tertiary/aromatic N) is 4. The van der Waals surface area contributed by atoms with Crippen LogP contribution in [0, 0.1) is 0 Å². The lowest BCUT2D eigenvalue weighted by molar-refractivity contribution is -0.149. The van der Waals surface area contributed by atoms with Gasteiger partial charge >= 0.3 is 35.8 Å². The number of carboxylic acids is 6. The number of nitrogens with two attached hydrogens (primary N) is 3. The molecule has 0 bridgehead atoms. The van der Waals surface area contributed by atoms with E-state index >= 15 is 0 Å². The number of aromatic amines is 1. The van der Waals surface area contributed by atoms with Crippen molar-refractivity contribution in [2.24, 2.45) is 10.8 Å². The summed E-state index contributed by atoms with van der Waals surface area (Å²) in [5.74, 6) is -15.6. The van der Waals surface area contributed by atoms with Crippen LogP contribution in [0.15, 0.2) is 34.2 Å². The number of aliphatic carboxylic acids is 6. The van der Waals surface area contributed by atoms with Gasteiger partial charge < -0.3 is 68.8 Å². The average Bonchev–Trinajstić information content (AvgIpc) is 3.29. The molecule has 16 N–H and O–H groups in total. The van der Waals surface area contributed by atoms with Gasteiger partial charge in [-0.15, -0.1) is 0 Å². The molecule has 0 saturated carbocycles. The van der Waals surface area contributed by atoms with Crippen LogP contribution in [-0.4, -0.2) is 166 Å². The first-order valence-electron chi connectivity index (χ1n) is 22.0. The van der Waals surface area contributed by atoms with Crippen molar-refractivity contribution >= 4 is 83.3 Å². The van der Waals surface area contributed by atoms with Crippen molar-refractivity contribution in [3.05, 3.63) is 51.3 Å². The molecule has 6 atom stereocenters. The Morgan fingerprint density at radius 2 is 1.15 bits per heavy atom. The van der Waals surface area contributed by atoms with Gasteiger partial charge in [-0.3, -0.25) is 48.2 Å². The predicted octanol–water partition coefficient (Wildman–Crippen LogP) is -1.88. The quantitative estimate of drug-likeness (QED) is 0.0282. The van der Waals surface area contributed by atoms with Crippen molar-refractivity contribution in [2.75, 3.05) is 25.6 Å². The Labute approximate surface area is 409 Å². The van der Waals surface area contributed by atoms with E-state index in [9.17, 15) is 83.1 Å². The van der Waals surface area contributed by atoms with Gasteiger partial charge in [0.1, 0.15) is 36.0 Å². The topological polar surface area (TPSA) is 488 Å². The number of anilines is 2. The number of carbonyl (C=O) groups excluding carboxylic acids is 5. The van der Waals surface area contributed by atoms with E-state index in [1.54, 1.807) is 20.3 Å². The highest BCUT2D eigenvalue weighted by Gasteiger charge is 2.37. The third kappa shape index (κ3) is 20.2. The number of benzene rings is 1. The van der Waals surface area contributed by atoms with Gasteiger partial charge in [0, 0.05) is 63.9 Å². The van der Waals surface area contributed by atoms with E-state index in [4.69, 9.17) is 22.3 Å². The van der Waals surface area contributed by atoms with E-state index in [1.807, 2.05) is 0 Å². The van der Waals surface area contributed by atoms with Crippen LogP contribution < -0.4 is 38.7 Å². The molecule has 1 aromatic heterocycles. The van der Waals surface area contributed by atoms with Crippen LogP contribution in [-0.2, 0) is 54.4 Å². The number of hydrogen-bond donors (Lipinski definition) is 13. The number of amides is 5. The first kappa shape index (κ1) is 59.6. The Bertz CT molecular complexity index is 2410. The van der Waals surface area contributed by atoms with Gasteiger partial charge in [-0.05, 0) is 69.1 Å². The molecule has 0 aliphatic rings. The lowest BCUT2D eigenvalue weighted by Gasteiger charge is -2.28. The van der Waals surface area contributed by atoms with Crippen LogP contribution in [0.2, 0.25) is 0 Å². The third-order valence-electron chi connectivity index (χ3n) is 10.7. The van der Waals surface area contributed by atoms with E-state index in [0.717, 1.165) is 0 Å². The number of aromatic nitrogens is 2. The maximum Gasteiger partial charge on any atom is 0.326 e. The second kappa shape index (κ2) is 28.9. The molecular formula is C43H59N11O18. The van der Waals surface area contributed by atoms with E-state index in [-0.39, 0.29) is 35.7 Å². The summed E-state index contributed by atoms with van der Waals surface area (Å²) in [6.45, 7) is 0. The standard InChI is InChI=1S/C43H59N11O18/c1-53(2)47-20-23(4-3-5-24-35(45)51-43(46)52-36(24)61)21-6-8-22(9-7-21)37(62)54(29(42(71)72)14-19-34(59)60)33(58)18-13-28(41(69)70)50-32(57)17-12-27(40(67)68)49-31(56)16-11-26(39(65)66)48-30(55)15-10-25(44)38(63)64/h6-9,20,23,25-29H,3-5,10-19,44H2,1-2H3,(H,48,55)(H,49,56)(H,50,57)(H,59,60)(H,63,64)(H,65,66)(H,67,68)(H,69,70)(H,71,72)(H5,45,46,51,52,61)/t23?,25-,26-,27-,28-,29-/m0/s1. The van der Waals surface area contributed by atoms with E-state index in [0.29, 0.717) is 23.3 Å². The van der Waals surface area contributed by atoms with Crippen molar-refractivity contribution in [3.63, 3.8) is 0 Å². The zero-order valence-electron chi connectivity index (χ0n) is 39.1. The Kier molecular flexibility index (Phi) is 23.9. The molecule has 72 heavy (non-hydrogen) atoms. The largest absolute Gasteiger partial charge is 0.481 e. The maximum atomic E-state index is 14.0. The molecule has 0 saturated heterocycles. The Hall–Kier alpha value is -8.50. The molecule has 0 spiro atoms. The zero-order chi connectivity index (χ0) is 54.4. The fourth-order valence-corrected chi connectivity index (χ4v) is 6.80. The van der Waals surface area contributed by atoms with Crippen molar-refractivity contribution in [1.82, 2.24) is 35.8 Å². The van der Waals surface area contributed by atoms with Crippen molar-refractivity contribution < 1.29 is 83.4 Å². The molecule has 394 valence electrons. The van der Waals surface area contributed by atoms with Crippen LogP contribution in [0.4, 0.5) is 11.8 Å². The molecule has 1 aromatic carbocycles. The van der Waals surface area contributed by atoms with Crippen LogP contribution in [0.3, 0.4) is 0 Å². The van der Waals surface area contributed by atoms with Gasteiger partial charge in [0.15, 0.2) is 0 Å². The lowest BCUT2D eigenvalue weighted by atomic mass is 9.92. The predicted molar refractivity (Wildman–Crippen MR) is 249 cm³/mol. The number of rotatable bonds is 32. The minimum Gasteiger partial charge on any atom is -0.481 e. The maximum absolute atomic E-state index is 14.0. The van der Waals surface area contributed by atoms with Gasteiger partial charge in [-0.2, -0.15) is 10.1 Å². The summed E-state index contributed by atoms with van der Waals surface area (Å²) >= 11 is 0. The second-order valence-corrected chi connectivity index (χ2v) is 16.4. The molecule has 0 aliphatic carbocycles. The minimum absolute atomic E-state index is 0.0343. The average molecular weight is 1020 g/mol. The smallest absolute Gasteiger partial charge is 0.326 e. The number of hydrogen-bond acceptors (Lipinski definition) is 18. The number of H-pyrrole nitrogens is 1. The number of imide groups is 1. The third-order valence-corrected chi connectivity index (χ3v) is 10.7. The van der Waals surface area contributed by atoms with E-state index < -0.39 is 165 Å². The minimum atomic E-state index is -2.05. The van der Waals surface area contributed by atoms with Crippen molar-refractivity contribution in [2.45, 2.75) is 120 Å². The summed E-state index contributed by atoms with van der Waals surface area (Å²) in [5, 5.41) is 69.3. The highest BCUT2D eigenvalue weighted by atomic mass is 16.4. The summed E-state index contributed by atoms with van der Waals surface area (Å²) in [4.78, 5) is 155. The number of carbonyl (C=O) groups is 11. The molecule has 5 amide bonds. The number of nitrogens with one attached hydrogen (secondary N) is 4. The normalized spacial score (nSPS) is 13.5. The Morgan fingerprint density at radius 1 is 0.667 bits per heavy atom. The lowest BCUT2D eigenvalue weighted by Crippen LogP contribution is -2.50. The van der Waals surface area contributed by atoms with Crippen LogP contribution in [0.25, 0.3) is 0 Å². The highest BCUT2D eigenvalue weighted by molar-refractivity contribution is 6.07. The van der Waals surface area contributed by atoms with Crippen molar-refractivity contribution in [3.8, 4) is 0 Å². The molecular weight excluding hydrogens is 959 g/mol. The Morgan fingerprint density at radius 3 is 1.58 bits per heavy atom. The molecule has 29 nitrogen and oxygen atoms in total. The van der Waals surface area contributed by atoms with Crippen LogP contribution >= 0.6 is 0 Å². The van der Waals surface area contributed by atoms with Gasteiger partial charge in [-0.1, -0.05) is 12.1 Å². The van der Waals surface area contributed by atoms with Gasteiger partial charge in [0.2, 0.25) is 29.6 Å². The SMILES string of the molecule is CN(C)N=CC(CCCc1c(N)nc(N)[nH]c1=O)c1ccc(C(=O)N(C(=O)CC[C@H](NC(=O)CC[C@H](NC(=O)CC[C@H](NC(=O)CC[C@H](N)C(=O)O)C(=O)O)C(=O)O)C(=O)O)[C@@H](CCC(=O)O)C(=O)O)cc1. The van der Waals surface area contributed by atoms with E-state index in [1.165, 1.54) is 29.3 Å². The fraction of sp³-hybridized carbons (Fsp3) is 0.488. The molecule has 2 aromatic rings. The fourth-order valence-electron chi connectivity index (χ4n) is 6.80. The molecule has 0 fully saturated rings. The number of hydrazone groups is 1. The molecule has 1 heterocycles. The zero-order valence-corrected chi connectivity index (χ0v) is 39.1. The summed E-state index contributed by atoms with van der Waals surface area (Å²) in [7, 11) is 3.35. The Balaban J connectivity index is 2.21. The van der Waals surface area contributed by atoms with Gasteiger partial charge in [0.25, 0.3) is 11.5 Å². The first-order chi connectivity index (χ1) is 33.7. The highest BCUT2D eigenvalue weighted by Crippen LogP contribution is 2.24. The van der Waals surface area contributed by atoms with E-state index in [2.05, 4.69) is 31.0 Å². The van der Waals surface area contributed by atoms with Crippen molar-refractivity contribution in [1.29, 1.82) is 0 Å². The molecule has 0 aliphatic heterocycles. The van der Waals surface area contributed by atoms with Gasteiger partial charge in [-0.25, -0.2) is 19.2 Å². The summed E-state index contributed by atoms with van der Waals surface area (Å²) in [5.41, 5.74) is 16.9. The second-order valence-electron chi connectivity index (χ2n) is 16.4. The first-order valence-corrected chi connectivity index (χ1v) is 22.0. The van der Waals surface area contributed by atoms with Gasteiger partial charge in [0.05, 0.1) is 5.56 Å². The molecule has 0 radical (unpaired) electrons.